The van der Waals surface area contributed by atoms with Gasteiger partial charge >= 0.3 is 0 Å². The summed E-state index contributed by atoms with van der Waals surface area (Å²) in [6.45, 7) is 4.19. The molecule has 0 aliphatic heterocycles. The third kappa shape index (κ3) is 1.96. The lowest BCUT2D eigenvalue weighted by Gasteiger charge is -2.01. The number of rotatable bonds is 1. The highest BCUT2D eigenvalue weighted by Gasteiger charge is 2.09. The number of pyridine rings is 1. The van der Waals surface area contributed by atoms with Crippen molar-refractivity contribution in [2.45, 2.75) is 13.8 Å². The second-order valence-electron chi connectivity index (χ2n) is 4.73. The van der Waals surface area contributed by atoms with Gasteiger partial charge in [0.05, 0.1) is 11.4 Å². The topological polar surface area (TPSA) is 43.3 Å². The van der Waals surface area contributed by atoms with Gasteiger partial charge < -0.3 is 5.73 Å². The van der Waals surface area contributed by atoms with Crippen molar-refractivity contribution in [3.63, 3.8) is 0 Å². The van der Waals surface area contributed by atoms with Gasteiger partial charge in [-0.05, 0) is 43.2 Å². The molecule has 0 fully saturated rings. The van der Waals surface area contributed by atoms with Crippen molar-refractivity contribution in [2.75, 3.05) is 5.73 Å². The maximum atomic E-state index is 6.15. The summed E-state index contributed by atoms with van der Waals surface area (Å²) < 4.78 is 1.81. The normalized spacial score (nSPS) is 11.1. The fourth-order valence-electron chi connectivity index (χ4n) is 2.10. The van der Waals surface area contributed by atoms with Crippen molar-refractivity contribution in [3.05, 3.63) is 52.8 Å². The van der Waals surface area contributed by atoms with Crippen LogP contribution in [0.4, 0.5) is 5.69 Å². The summed E-state index contributed by atoms with van der Waals surface area (Å²) in [6, 6.07) is 9.83. The maximum Gasteiger partial charge on any atom is 0.161 e. The van der Waals surface area contributed by atoms with E-state index in [4.69, 9.17) is 17.3 Å². The van der Waals surface area contributed by atoms with Crippen LogP contribution in [-0.2, 0) is 0 Å². The molecule has 0 aliphatic rings. The van der Waals surface area contributed by atoms with Crippen LogP contribution in [0.3, 0.4) is 0 Å². The first-order valence-electron chi connectivity index (χ1n) is 6.07. The van der Waals surface area contributed by atoms with Gasteiger partial charge in [0, 0.05) is 11.8 Å². The van der Waals surface area contributed by atoms with Crippen LogP contribution in [0, 0.1) is 13.8 Å². The zero-order chi connectivity index (χ0) is 13.6. The molecular weight excluding hydrogens is 258 g/mol. The van der Waals surface area contributed by atoms with Crippen LogP contribution in [0.2, 0.25) is 5.15 Å². The zero-order valence-corrected chi connectivity index (χ0v) is 11.6. The predicted octanol–water partition coefficient (Wildman–Crippen LogP) is 3.85. The van der Waals surface area contributed by atoms with Gasteiger partial charge in [0.2, 0.25) is 0 Å². The summed E-state index contributed by atoms with van der Waals surface area (Å²) in [6.07, 6.45) is 1.91. The molecule has 2 N–H and O–H groups in total. The number of halogens is 1. The van der Waals surface area contributed by atoms with Gasteiger partial charge in [0.25, 0.3) is 0 Å². The Hall–Kier alpha value is -2.00. The minimum Gasteiger partial charge on any atom is -0.396 e. The quantitative estimate of drug-likeness (QED) is 0.683. The number of nitrogens with zero attached hydrogens (tertiary/aromatic N) is 2. The minimum atomic E-state index is 0.604. The second-order valence-corrected chi connectivity index (χ2v) is 5.12. The number of aryl methyl sites for hydroxylation is 2. The summed E-state index contributed by atoms with van der Waals surface area (Å²) in [4.78, 5) is 4.57. The number of benzene rings is 1. The highest BCUT2D eigenvalue weighted by atomic mass is 35.5. The molecule has 0 atom stereocenters. The SMILES string of the molecule is Cc1ccc(-c2cn3c(Cl)ccc(N)c3n2)cc1C. The summed E-state index contributed by atoms with van der Waals surface area (Å²) in [7, 11) is 0. The number of fused-ring (bicyclic) bond motifs is 1. The highest BCUT2D eigenvalue weighted by molar-refractivity contribution is 6.29. The van der Waals surface area contributed by atoms with Crippen LogP contribution in [0.15, 0.2) is 36.5 Å². The number of imidazole rings is 1. The van der Waals surface area contributed by atoms with E-state index in [1.54, 1.807) is 16.5 Å². The van der Waals surface area contributed by atoms with E-state index < -0.39 is 0 Å². The molecule has 0 aliphatic carbocycles. The number of nitrogen functional groups attached to an aromatic ring is 1. The molecule has 3 nitrogen and oxygen atoms in total. The van der Waals surface area contributed by atoms with E-state index in [2.05, 4.69) is 37.0 Å². The van der Waals surface area contributed by atoms with Crippen LogP contribution in [0.5, 0.6) is 0 Å². The van der Waals surface area contributed by atoms with Gasteiger partial charge in [0.1, 0.15) is 5.15 Å². The monoisotopic (exact) mass is 271 g/mol. The summed E-state index contributed by atoms with van der Waals surface area (Å²) in [5.74, 6) is 0. The van der Waals surface area contributed by atoms with E-state index in [9.17, 15) is 0 Å². The Kier molecular flexibility index (Phi) is 2.72. The van der Waals surface area contributed by atoms with Crippen LogP contribution >= 0.6 is 11.6 Å². The summed E-state index contributed by atoms with van der Waals surface area (Å²) >= 11 is 6.15. The third-order valence-electron chi connectivity index (χ3n) is 3.40. The van der Waals surface area contributed by atoms with Gasteiger partial charge in [-0.25, -0.2) is 4.98 Å². The first-order chi connectivity index (χ1) is 9.06. The number of hydrogen-bond donors (Lipinski definition) is 1. The van der Waals surface area contributed by atoms with Crippen molar-refractivity contribution in [2.24, 2.45) is 0 Å². The van der Waals surface area contributed by atoms with Crippen LogP contribution in [0.1, 0.15) is 11.1 Å². The van der Waals surface area contributed by atoms with Gasteiger partial charge in [-0.3, -0.25) is 4.40 Å². The molecule has 0 spiro atoms. The van der Waals surface area contributed by atoms with E-state index >= 15 is 0 Å². The van der Waals surface area contributed by atoms with Gasteiger partial charge in [-0.15, -0.1) is 0 Å². The highest BCUT2D eigenvalue weighted by Crippen LogP contribution is 2.26. The Morgan fingerprint density at radius 1 is 1.11 bits per heavy atom. The Labute approximate surface area is 116 Å². The lowest BCUT2D eigenvalue weighted by molar-refractivity contribution is 1.19. The fraction of sp³-hybridized carbons (Fsp3) is 0.133. The number of nitrogens with two attached hydrogens (primary N) is 1. The third-order valence-corrected chi connectivity index (χ3v) is 3.71. The lowest BCUT2D eigenvalue weighted by atomic mass is 10.1. The molecule has 3 aromatic rings. The van der Waals surface area contributed by atoms with E-state index in [0.717, 1.165) is 11.3 Å². The molecule has 3 rings (SSSR count). The first kappa shape index (κ1) is 12.1. The predicted molar refractivity (Wildman–Crippen MR) is 79.5 cm³/mol. The molecule has 2 heterocycles. The van der Waals surface area contributed by atoms with Crippen molar-refractivity contribution >= 4 is 22.9 Å². The largest absolute Gasteiger partial charge is 0.396 e. The smallest absolute Gasteiger partial charge is 0.161 e. The average molecular weight is 272 g/mol. The Morgan fingerprint density at radius 3 is 2.58 bits per heavy atom. The lowest BCUT2D eigenvalue weighted by Crippen LogP contribution is -1.92. The maximum absolute atomic E-state index is 6.15. The number of anilines is 1. The van der Waals surface area contributed by atoms with Gasteiger partial charge in [0.15, 0.2) is 5.65 Å². The zero-order valence-electron chi connectivity index (χ0n) is 10.8. The van der Waals surface area contributed by atoms with Crippen molar-refractivity contribution in [1.82, 2.24) is 9.38 Å². The Morgan fingerprint density at radius 2 is 1.89 bits per heavy atom. The fourth-order valence-corrected chi connectivity index (χ4v) is 2.29. The molecule has 0 saturated heterocycles. The molecule has 4 heteroatoms. The van der Waals surface area contributed by atoms with Gasteiger partial charge in [-0.1, -0.05) is 23.7 Å². The summed E-state index contributed by atoms with van der Waals surface area (Å²) in [5, 5.41) is 0.604. The van der Waals surface area contributed by atoms with Crippen molar-refractivity contribution in [3.8, 4) is 11.3 Å². The molecule has 0 bridgehead atoms. The summed E-state index contributed by atoms with van der Waals surface area (Å²) in [5.41, 5.74) is 11.7. The van der Waals surface area contributed by atoms with E-state index in [0.29, 0.717) is 16.5 Å². The molecule has 2 aromatic heterocycles. The van der Waals surface area contributed by atoms with Gasteiger partial charge in [-0.2, -0.15) is 0 Å². The molecule has 0 unspecified atom stereocenters. The minimum absolute atomic E-state index is 0.604. The first-order valence-corrected chi connectivity index (χ1v) is 6.45. The van der Waals surface area contributed by atoms with E-state index in [1.165, 1.54) is 11.1 Å². The Balaban J connectivity index is 2.23. The molecule has 96 valence electrons. The Bertz CT molecular complexity index is 735. The van der Waals surface area contributed by atoms with Crippen LogP contribution in [0.25, 0.3) is 16.9 Å². The number of hydrogen-bond acceptors (Lipinski definition) is 2. The van der Waals surface area contributed by atoms with Crippen LogP contribution in [-0.4, -0.2) is 9.38 Å². The molecule has 0 amide bonds. The van der Waals surface area contributed by atoms with Crippen LogP contribution < -0.4 is 5.73 Å². The molecule has 0 radical (unpaired) electrons. The second kappa shape index (κ2) is 4.28. The average Bonchev–Trinajstić information content (AvgIpc) is 2.83. The molecular formula is C15H14ClN3. The van der Waals surface area contributed by atoms with E-state index in [-0.39, 0.29) is 0 Å². The molecule has 19 heavy (non-hydrogen) atoms. The standard InChI is InChI=1S/C15H14ClN3/c1-9-3-4-11(7-10(9)2)13-8-19-14(16)6-5-12(17)15(19)18-13/h3-8H,17H2,1-2H3. The van der Waals surface area contributed by atoms with E-state index in [1.807, 2.05) is 6.20 Å². The molecule has 0 saturated carbocycles. The number of aromatic nitrogens is 2. The van der Waals surface area contributed by atoms with Crippen molar-refractivity contribution < 1.29 is 0 Å². The van der Waals surface area contributed by atoms with Crippen molar-refractivity contribution in [1.29, 1.82) is 0 Å². The molecule has 1 aromatic carbocycles.